The molecule has 1 aliphatic rings. The van der Waals surface area contributed by atoms with Gasteiger partial charge in [0.05, 0.1) is 13.7 Å². The van der Waals surface area contributed by atoms with Gasteiger partial charge in [-0.25, -0.2) is 4.39 Å². The highest BCUT2D eigenvalue weighted by atomic mass is 19.1. The number of ether oxygens (including phenoxy) is 2. The van der Waals surface area contributed by atoms with Gasteiger partial charge in [-0.1, -0.05) is 13.0 Å². The van der Waals surface area contributed by atoms with Gasteiger partial charge in [-0.2, -0.15) is 0 Å². The van der Waals surface area contributed by atoms with Crippen LogP contribution in [0.15, 0.2) is 18.2 Å². The molecule has 4 heteroatoms. The molecule has 3 nitrogen and oxygen atoms in total. The van der Waals surface area contributed by atoms with E-state index in [1.807, 2.05) is 6.07 Å². The predicted octanol–water partition coefficient (Wildman–Crippen LogP) is 2.91. The van der Waals surface area contributed by atoms with E-state index in [1.54, 1.807) is 13.2 Å². The molecule has 1 fully saturated rings. The molecule has 0 bridgehead atoms. The molecule has 0 aliphatic carbocycles. The third-order valence-corrected chi connectivity index (χ3v) is 3.59. The van der Waals surface area contributed by atoms with E-state index in [9.17, 15) is 4.39 Å². The van der Waals surface area contributed by atoms with Gasteiger partial charge in [0, 0.05) is 24.1 Å². The Balaban J connectivity index is 2.30. The minimum Gasteiger partial charge on any atom is -0.496 e. The van der Waals surface area contributed by atoms with Crippen molar-refractivity contribution in [1.82, 2.24) is 5.32 Å². The highest BCUT2D eigenvalue weighted by Gasteiger charge is 2.30. The lowest BCUT2D eigenvalue weighted by Crippen LogP contribution is -2.30. The van der Waals surface area contributed by atoms with Crippen molar-refractivity contribution in [3.63, 3.8) is 0 Å². The normalized spacial score (nSPS) is 20.5. The summed E-state index contributed by atoms with van der Waals surface area (Å²) in [7, 11) is 1.58. The number of methoxy groups -OCH3 is 1. The molecule has 0 saturated carbocycles. The first-order chi connectivity index (χ1) is 9.27. The maximum atomic E-state index is 14.2. The minimum atomic E-state index is -0.208. The average molecular weight is 267 g/mol. The van der Waals surface area contributed by atoms with Crippen molar-refractivity contribution in [1.29, 1.82) is 0 Å². The van der Waals surface area contributed by atoms with E-state index in [2.05, 4.69) is 12.2 Å². The topological polar surface area (TPSA) is 30.5 Å². The van der Waals surface area contributed by atoms with E-state index in [4.69, 9.17) is 9.47 Å². The number of halogens is 1. The van der Waals surface area contributed by atoms with Gasteiger partial charge in [0.1, 0.15) is 11.6 Å². The first-order valence-electron chi connectivity index (χ1n) is 6.91. The highest BCUT2D eigenvalue weighted by molar-refractivity contribution is 5.37. The summed E-state index contributed by atoms with van der Waals surface area (Å²) < 4.78 is 25.0. The second kappa shape index (κ2) is 6.87. The van der Waals surface area contributed by atoms with E-state index in [0.717, 1.165) is 26.0 Å². The van der Waals surface area contributed by atoms with Crippen molar-refractivity contribution in [2.24, 2.45) is 5.92 Å². The van der Waals surface area contributed by atoms with Crippen LogP contribution in [0, 0.1) is 11.7 Å². The zero-order valence-corrected chi connectivity index (χ0v) is 11.6. The van der Waals surface area contributed by atoms with E-state index in [1.165, 1.54) is 6.07 Å². The lowest BCUT2D eigenvalue weighted by Gasteiger charge is -2.26. The molecule has 1 aromatic rings. The molecule has 1 aromatic carbocycles. The van der Waals surface area contributed by atoms with Gasteiger partial charge in [-0.3, -0.25) is 0 Å². The summed E-state index contributed by atoms with van der Waals surface area (Å²) >= 11 is 0. The number of hydrogen-bond donors (Lipinski definition) is 1. The summed E-state index contributed by atoms with van der Waals surface area (Å²) in [6.45, 7) is 4.40. The van der Waals surface area contributed by atoms with Crippen molar-refractivity contribution < 1.29 is 13.9 Å². The van der Waals surface area contributed by atoms with Crippen LogP contribution in [0.5, 0.6) is 5.75 Å². The van der Waals surface area contributed by atoms with Crippen LogP contribution >= 0.6 is 0 Å². The monoisotopic (exact) mass is 267 g/mol. The molecule has 1 N–H and O–H groups in total. The van der Waals surface area contributed by atoms with Crippen LogP contribution in [-0.2, 0) is 4.74 Å². The summed E-state index contributed by atoms with van der Waals surface area (Å²) in [5, 5.41) is 3.44. The molecule has 2 atom stereocenters. The SMILES string of the molecule is CCCNC(c1c(F)cccc1OC)C1CCOC1. The van der Waals surface area contributed by atoms with E-state index >= 15 is 0 Å². The molecule has 0 aromatic heterocycles. The molecule has 0 spiro atoms. The van der Waals surface area contributed by atoms with Gasteiger partial charge >= 0.3 is 0 Å². The molecule has 106 valence electrons. The van der Waals surface area contributed by atoms with E-state index in [-0.39, 0.29) is 11.9 Å². The maximum absolute atomic E-state index is 14.2. The second-order valence-corrected chi connectivity index (χ2v) is 4.91. The lowest BCUT2D eigenvalue weighted by atomic mass is 9.91. The average Bonchev–Trinajstić information content (AvgIpc) is 2.94. The number of hydrogen-bond acceptors (Lipinski definition) is 3. The highest BCUT2D eigenvalue weighted by Crippen LogP contribution is 2.35. The standard InChI is InChI=1S/C15H22FNO2/c1-3-8-17-15(11-7-9-19-10-11)14-12(16)5-4-6-13(14)18-2/h4-6,11,15,17H,3,7-10H2,1-2H3. The maximum Gasteiger partial charge on any atom is 0.131 e. The van der Waals surface area contributed by atoms with Gasteiger partial charge < -0.3 is 14.8 Å². The molecular weight excluding hydrogens is 245 g/mol. The van der Waals surface area contributed by atoms with Gasteiger partial charge in [-0.15, -0.1) is 0 Å². The molecule has 1 saturated heterocycles. The fourth-order valence-corrected chi connectivity index (χ4v) is 2.62. The van der Waals surface area contributed by atoms with Gasteiger partial charge in [-0.05, 0) is 31.5 Å². The Hall–Kier alpha value is -1.13. The van der Waals surface area contributed by atoms with Crippen molar-refractivity contribution >= 4 is 0 Å². The fraction of sp³-hybridized carbons (Fsp3) is 0.600. The summed E-state index contributed by atoms with van der Waals surface area (Å²) in [5.74, 6) is 0.706. The molecule has 2 unspecified atom stereocenters. The Bertz CT molecular complexity index is 405. The summed E-state index contributed by atoms with van der Waals surface area (Å²) in [5.41, 5.74) is 0.633. The fourth-order valence-electron chi connectivity index (χ4n) is 2.62. The van der Waals surface area contributed by atoms with Crippen LogP contribution in [0.25, 0.3) is 0 Å². The molecule has 2 rings (SSSR count). The molecule has 19 heavy (non-hydrogen) atoms. The van der Waals surface area contributed by atoms with Crippen molar-refractivity contribution in [2.45, 2.75) is 25.8 Å². The first-order valence-corrected chi connectivity index (χ1v) is 6.91. The number of benzene rings is 1. The van der Waals surface area contributed by atoms with Gasteiger partial charge in [0.25, 0.3) is 0 Å². The lowest BCUT2D eigenvalue weighted by molar-refractivity contribution is 0.175. The van der Waals surface area contributed by atoms with E-state index in [0.29, 0.717) is 23.8 Å². The van der Waals surface area contributed by atoms with Crippen LogP contribution in [0.1, 0.15) is 31.4 Å². The molecule has 0 radical (unpaired) electrons. The predicted molar refractivity (Wildman–Crippen MR) is 72.9 cm³/mol. The molecule has 1 aliphatic heterocycles. The third-order valence-electron chi connectivity index (χ3n) is 3.59. The van der Waals surface area contributed by atoms with Gasteiger partial charge in [0.15, 0.2) is 0 Å². The van der Waals surface area contributed by atoms with Crippen LogP contribution in [0.4, 0.5) is 4.39 Å². The zero-order valence-electron chi connectivity index (χ0n) is 11.6. The van der Waals surface area contributed by atoms with Crippen LogP contribution in [0.3, 0.4) is 0 Å². The Kier molecular flexibility index (Phi) is 5.16. The van der Waals surface area contributed by atoms with Gasteiger partial charge in [0.2, 0.25) is 0 Å². The Morgan fingerprint density at radius 3 is 3.00 bits per heavy atom. The summed E-state index contributed by atoms with van der Waals surface area (Å²) in [6.07, 6.45) is 1.97. The summed E-state index contributed by atoms with van der Waals surface area (Å²) in [4.78, 5) is 0. The minimum absolute atomic E-state index is 0.0430. The van der Waals surface area contributed by atoms with Crippen LogP contribution in [0.2, 0.25) is 0 Å². The van der Waals surface area contributed by atoms with Crippen LogP contribution in [-0.4, -0.2) is 26.9 Å². The molecule has 1 heterocycles. The number of rotatable bonds is 6. The van der Waals surface area contributed by atoms with Crippen molar-refractivity contribution in [2.75, 3.05) is 26.9 Å². The molecule has 0 amide bonds. The van der Waals surface area contributed by atoms with E-state index < -0.39 is 0 Å². The van der Waals surface area contributed by atoms with Crippen molar-refractivity contribution in [3.8, 4) is 5.75 Å². The second-order valence-electron chi connectivity index (χ2n) is 4.91. The Labute approximate surface area is 114 Å². The smallest absolute Gasteiger partial charge is 0.131 e. The zero-order chi connectivity index (χ0) is 13.7. The number of nitrogens with one attached hydrogen (secondary N) is 1. The third kappa shape index (κ3) is 3.25. The summed E-state index contributed by atoms with van der Waals surface area (Å²) in [6, 6.07) is 4.95. The Morgan fingerprint density at radius 1 is 1.53 bits per heavy atom. The quantitative estimate of drug-likeness (QED) is 0.859. The van der Waals surface area contributed by atoms with Crippen molar-refractivity contribution in [3.05, 3.63) is 29.6 Å². The largest absolute Gasteiger partial charge is 0.496 e. The molecular formula is C15H22FNO2. The Morgan fingerprint density at radius 2 is 2.37 bits per heavy atom. The first kappa shape index (κ1) is 14.3. The van der Waals surface area contributed by atoms with Crippen LogP contribution < -0.4 is 10.1 Å².